The fourth-order valence-corrected chi connectivity index (χ4v) is 3.41. The van der Waals surface area contributed by atoms with E-state index >= 15 is 0 Å². The Balaban J connectivity index is 1.40. The van der Waals surface area contributed by atoms with Crippen LogP contribution in [0.2, 0.25) is 0 Å². The molecule has 142 valence electrons. The predicted molar refractivity (Wildman–Crippen MR) is 108 cm³/mol. The van der Waals surface area contributed by atoms with Gasteiger partial charge in [0.15, 0.2) is 11.5 Å². The molecule has 1 unspecified atom stereocenters. The first kappa shape index (κ1) is 18.1. The number of carbonyl (C=O) groups is 1. The molecule has 3 aromatic carbocycles. The number of rotatable bonds is 7. The highest BCUT2D eigenvalue weighted by atomic mass is 16.7. The van der Waals surface area contributed by atoms with Crippen LogP contribution in [-0.4, -0.2) is 12.7 Å². The lowest BCUT2D eigenvalue weighted by atomic mass is 9.98. The average Bonchev–Trinajstić information content (AvgIpc) is 3.21. The number of nitrogens with one attached hydrogen (secondary N) is 1. The molecule has 4 heteroatoms. The van der Waals surface area contributed by atoms with Crippen LogP contribution in [0.5, 0.6) is 11.5 Å². The van der Waals surface area contributed by atoms with E-state index in [0.29, 0.717) is 12.8 Å². The van der Waals surface area contributed by atoms with Crippen molar-refractivity contribution in [1.82, 2.24) is 5.32 Å². The van der Waals surface area contributed by atoms with Gasteiger partial charge in [0.05, 0.1) is 6.04 Å². The summed E-state index contributed by atoms with van der Waals surface area (Å²) in [7, 11) is 0. The number of benzene rings is 3. The summed E-state index contributed by atoms with van der Waals surface area (Å²) in [4.78, 5) is 12.7. The highest BCUT2D eigenvalue weighted by Crippen LogP contribution is 2.32. The number of hydrogen-bond acceptors (Lipinski definition) is 3. The third-order valence-electron chi connectivity index (χ3n) is 4.90. The summed E-state index contributed by atoms with van der Waals surface area (Å²) in [6.07, 6.45) is 1.85. The van der Waals surface area contributed by atoms with Gasteiger partial charge in [-0.05, 0) is 41.7 Å². The van der Waals surface area contributed by atoms with Gasteiger partial charge in [0.25, 0.3) is 0 Å². The largest absolute Gasteiger partial charge is 0.454 e. The smallest absolute Gasteiger partial charge is 0.231 e. The van der Waals surface area contributed by atoms with Gasteiger partial charge in [-0.15, -0.1) is 0 Å². The second kappa shape index (κ2) is 8.61. The predicted octanol–water partition coefficient (Wildman–Crippen LogP) is 4.45. The maximum absolute atomic E-state index is 12.7. The molecule has 1 atom stereocenters. The molecule has 0 fully saturated rings. The summed E-state index contributed by atoms with van der Waals surface area (Å²) >= 11 is 0. The van der Waals surface area contributed by atoms with Crippen molar-refractivity contribution in [1.29, 1.82) is 0 Å². The van der Waals surface area contributed by atoms with Crippen LogP contribution in [0, 0.1) is 0 Å². The molecule has 0 spiro atoms. The van der Waals surface area contributed by atoms with Gasteiger partial charge >= 0.3 is 0 Å². The monoisotopic (exact) mass is 373 g/mol. The Labute approximate surface area is 165 Å². The molecule has 28 heavy (non-hydrogen) atoms. The van der Waals surface area contributed by atoms with Gasteiger partial charge < -0.3 is 14.8 Å². The van der Waals surface area contributed by atoms with E-state index in [2.05, 4.69) is 29.6 Å². The minimum absolute atomic E-state index is 0.0439. The Morgan fingerprint density at radius 1 is 0.857 bits per heavy atom. The standard InChI is InChI=1S/C24H23NO3/c26-24(14-12-19-11-13-22-23(16-19)28-17-27-22)25-21(20-9-5-2-6-10-20)15-18-7-3-1-4-8-18/h1-11,13,16,21H,12,14-15,17H2,(H,25,26). The number of aryl methyl sites for hydroxylation is 1. The minimum Gasteiger partial charge on any atom is -0.454 e. The molecule has 1 aliphatic heterocycles. The van der Waals surface area contributed by atoms with Crippen LogP contribution >= 0.6 is 0 Å². The molecule has 0 aromatic heterocycles. The fraction of sp³-hybridized carbons (Fsp3) is 0.208. The Morgan fingerprint density at radius 2 is 1.57 bits per heavy atom. The number of fused-ring (bicyclic) bond motifs is 1. The summed E-state index contributed by atoms with van der Waals surface area (Å²) < 4.78 is 10.7. The van der Waals surface area contributed by atoms with Gasteiger partial charge in [0.2, 0.25) is 12.7 Å². The molecule has 0 aliphatic carbocycles. The van der Waals surface area contributed by atoms with Crippen LogP contribution in [0.4, 0.5) is 0 Å². The first-order valence-electron chi connectivity index (χ1n) is 9.55. The van der Waals surface area contributed by atoms with Crippen molar-refractivity contribution < 1.29 is 14.3 Å². The molecule has 0 bridgehead atoms. The lowest BCUT2D eigenvalue weighted by molar-refractivity contribution is -0.121. The first-order valence-corrected chi connectivity index (χ1v) is 9.55. The average molecular weight is 373 g/mol. The lowest BCUT2D eigenvalue weighted by Gasteiger charge is -2.19. The van der Waals surface area contributed by atoms with Crippen molar-refractivity contribution in [3.05, 3.63) is 95.6 Å². The molecular formula is C24H23NO3. The molecule has 0 saturated carbocycles. The molecule has 0 radical (unpaired) electrons. The molecule has 1 N–H and O–H groups in total. The third-order valence-corrected chi connectivity index (χ3v) is 4.90. The second-order valence-corrected chi connectivity index (χ2v) is 6.91. The van der Waals surface area contributed by atoms with Crippen LogP contribution in [0.3, 0.4) is 0 Å². The third kappa shape index (κ3) is 4.52. The van der Waals surface area contributed by atoms with Crippen molar-refractivity contribution >= 4 is 5.91 Å². The molecular weight excluding hydrogens is 350 g/mol. The zero-order chi connectivity index (χ0) is 19.2. The zero-order valence-electron chi connectivity index (χ0n) is 15.6. The SMILES string of the molecule is O=C(CCc1ccc2c(c1)OCO2)NC(Cc1ccccc1)c1ccccc1. The van der Waals surface area contributed by atoms with E-state index in [4.69, 9.17) is 9.47 Å². The Hall–Kier alpha value is -3.27. The van der Waals surface area contributed by atoms with Gasteiger partial charge in [-0.1, -0.05) is 66.7 Å². The van der Waals surface area contributed by atoms with Crippen molar-refractivity contribution in [2.45, 2.75) is 25.3 Å². The van der Waals surface area contributed by atoms with E-state index in [0.717, 1.165) is 29.0 Å². The summed E-state index contributed by atoms with van der Waals surface area (Å²) in [5, 5.41) is 3.21. The van der Waals surface area contributed by atoms with Gasteiger partial charge in [-0.3, -0.25) is 4.79 Å². The summed E-state index contributed by atoms with van der Waals surface area (Å²) in [5.74, 6) is 1.56. The minimum atomic E-state index is -0.0483. The number of amides is 1. The maximum atomic E-state index is 12.7. The van der Waals surface area contributed by atoms with Crippen molar-refractivity contribution in [3.8, 4) is 11.5 Å². The Bertz CT molecular complexity index is 925. The molecule has 4 nitrogen and oxygen atoms in total. The van der Waals surface area contributed by atoms with Crippen LogP contribution in [0.25, 0.3) is 0 Å². The second-order valence-electron chi connectivity index (χ2n) is 6.91. The number of hydrogen-bond donors (Lipinski definition) is 1. The Kier molecular flexibility index (Phi) is 5.57. The summed E-state index contributed by atoms with van der Waals surface area (Å²) in [6, 6.07) is 26.2. The van der Waals surface area contributed by atoms with Gasteiger partial charge in [-0.2, -0.15) is 0 Å². The van der Waals surface area contributed by atoms with E-state index in [9.17, 15) is 4.79 Å². The van der Waals surface area contributed by atoms with Gasteiger partial charge in [0, 0.05) is 6.42 Å². The summed E-state index contributed by atoms with van der Waals surface area (Å²) in [5.41, 5.74) is 3.38. The Morgan fingerprint density at radius 3 is 2.36 bits per heavy atom. The topological polar surface area (TPSA) is 47.6 Å². The van der Waals surface area contributed by atoms with Crippen molar-refractivity contribution in [2.24, 2.45) is 0 Å². The van der Waals surface area contributed by atoms with Gasteiger partial charge in [0.1, 0.15) is 0 Å². The van der Waals surface area contributed by atoms with E-state index in [1.54, 1.807) is 0 Å². The normalized spacial score (nSPS) is 13.1. The fourth-order valence-electron chi connectivity index (χ4n) is 3.41. The molecule has 3 aromatic rings. The van der Waals surface area contributed by atoms with Crippen molar-refractivity contribution in [2.75, 3.05) is 6.79 Å². The molecule has 1 aliphatic rings. The van der Waals surface area contributed by atoms with E-state index < -0.39 is 0 Å². The highest BCUT2D eigenvalue weighted by Gasteiger charge is 2.17. The van der Waals surface area contributed by atoms with E-state index in [1.165, 1.54) is 5.56 Å². The highest BCUT2D eigenvalue weighted by molar-refractivity contribution is 5.76. The quantitative estimate of drug-likeness (QED) is 0.666. The van der Waals surface area contributed by atoms with Crippen LogP contribution in [-0.2, 0) is 17.6 Å². The number of ether oxygens (including phenoxy) is 2. The maximum Gasteiger partial charge on any atom is 0.231 e. The lowest BCUT2D eigenvalue weighted by Crippen LogP contribution is -2.30. The van der Waals surface area contributed by atoms with Gasteiger partial charge in [-0.25, -0.2) is 0 Å². The number of carbonyl (C=O) groups excluding carboxylic acids is 1. The van der Waals surface area contributed by atoms with Crippen LogP contribution in [0.15, 0.2) is 78.9 Å². The summed E-state index contributed by atoms with van der Waals surface area (Å²) in [6.45, 7) is 0.261. The zero-order valence-corrected chi connectivity index (χ0v) is 15.6. The van der Waals surface area contributed by atoms with Crippen LogP contribution < -0.4 is 14.8 Å². The van der Waals surface area contributed by atoms with Crippen molar-refractivity contribution in [3.63, 3.8) is 0 Å². The first-order chi connectivity index (χ1) is 13.8. The molecule has 0 saturated heterocycles. The molecule has 1 heterocycles. The van der Waals surface area contributed by atoms with E-state index in [-0.39, 0.29) is 18.7 Å². The van der Waals surface area contributed by atoms with E-state index in [1.807, 2.05) is 54.6 Å². The molecule has 4 rings (SSSR count). The molecule has 1 amide bonds. The van der Waals surface area contributed by atoms with Crippen LogP contribution in [0.1, 0.15) is 29.2 Å².